The largest absolute Gasteiger partial charge is 0.398 e. The summed E-state index contributed by atoms with van der Waals surface area (Å²) in [6, 6.07) is 10.5. The molecule has 0 atom stereocenters. The molecule has 5 heteroatoms. The van der Waals surface area contributed by atoms with Crippen LogP contribution in [0.2, 0.25) is 5.02 Å². The van der Waals surface area contributed by atoms with E-state index in [0.29, 0.717) is 22.0 Å². The maximum Gasteiger partial charge on any atom is 0.257 e. The van der Waals surface area contributed by atoms with E-state index in [9.17, 15) is 4.79 Å². The number of carbonyl (C=O) groups is 1. The molecule has 1 amide bonds. The van der Waals surface area contributed by atoms with Crippen molar-refractivity contribution in [1.82, 2.24) is 0 Å². The van der Waals surface area contributed by atoms with Gasteiger partial charge < -0.3 is 11.1 Å². The van der Waals surface area contributed by atoms with Crippen molar-refractivity contribution < 1.29 is 4.79 Å². The first kappa shape index (κ1) is 13.9. The molecule has 0 heterocycles. The smallest absolute Gasteiger partial charge is 0.257 e. The summed E-state index contributed by atoms with van der Waals surface area (Å²) in [5.74, 6) is -0.258. The number of carbonyl (C=O) groups excluding carboxylic acids is 1. The second-order valence-corrected chi connectivity index (χ2v) is 5.56. The van der Waals surface area contributed by atoms with Crippen LogP contribution >= 0.6 is 27.5 Å². The molecule has 19 heavy (non-hydrogen) atoms. The second kappa shape index (κ2) is 5.63. The minimum absolute atomic E-state index is 0.258. The van der Waals surface area contributed by atoms with Gasteiger partial charge >= 0.3 is 0 Å². The number of anilines is 2. The number of nitrogens with two attached hydrogens (primary N) is 1. The Hall–Kier alpha value is -1.52. The molecule has 0 fully saturated rings. The van der Waals surface area contributed by atoms with Crippen LogP contribution in [-0.2, 0) is 0 Å². The molecular formula is C14H12BrClN2O. The van der Waals surface area contributed by atoms with Gasteiger partial charge in [0.05, 0.1) is 5.56 Å². The maximum atomic E-state index is 12.1. The highest BCUT2D eigenvalue weighted by Crippen LogP contribution is 2.22. The SMILES string of the molecule is Cc1cc(Br)cc(NC(=O)c2ccc(Cl)cc2N)c1. The predicted octanol–water partition coefficient (Wildman–Crippen LogP) is 4.25. The molecule has 0 saturated heterocycles. The van der Waals surface area contributed by atoms with E-state index < -0.39 is 0 Å². The average molecular weight is 340 g/mol. The summed E-state index contributed by atoms with van der Waals surface area (Å²) in [5.41, 5.74) is 8.31. The lowest BCUT2D eigenvalue weighted by atomic mass is 10.1. The summed E-state index contributed by atoms with van der Waals surface area (Å²) in [5, 5.41) is 3.31. The molecule has 0 unspecified atom stereocenters. The summed E-state index contributed by atoms with van der Waals surface area (Å²) >= 11 is 9.20. The number of aryl methyl sites for hydroxylation is 1. The van der Waals surface area contributed by atoms with Crippen molar-refractivity contribution in [3.05, 3.63) is 57.0 Å². The molecule has 0 aliphatic carbocycles. The molecule has 2 aromatic carbocycles. The van der Waals surface area contributed by atoms with Gasteiger partial charge in [0, 0.05) is 20.9 Å². The molecule has 0 aliphatic rings. The van der Waals surface area contributed by atoms with Crippen molar-refractivity contribution in [2.24, 2.45) is 0 Å². The summed E-state index contributed by atoms with van der Waals surface area (Å²) in [6.07, 6.45) is 0. The number of halogens is 2. The van der Waals surface area contributed by atoms with Crippen LogP contribution in [0, 0.1) is 6.92 Å². The van der Waals surface area contributed by atoms with E-state index in [1.165, 1.54) is 0 Å². The molecule has 3 nitrogen and oxygen atoms in total. The molecule has 2 aromatic rings. The van der Waals surface area contributed by atoms with Gasteiger partial charge in [-0.15, -0.1) is 0 Å². The lowest BCUT2D eigenvalue weighted by Crippen LogP contribution is -2.14. The zero-order valence-electron chi connectivity index (χ0n) is 10.2. The number of amides is 1. The normalized spacial score (nSPS) is 10.3. The summed E-state index contributed by atoms with van der Waals surface area (Å²) in [6.45, 7) is 1.96. The van der Waals surface area contributed by atoms with E-state index in [-0.39, 0.29) is 5.91 Å². The van der Waals surface area contributed by atoms with Crippen LogP contribution in [0.25, 0.3) is 0 Å². The quantitative estimate of drug-likeness (QED) is 0.804. The average Bonchev–Trinajstić information content (AvgIpc) is 2.26. The molecule has 0 bridgehead atoms. The molecule has 98 valence electrons. The third kappa shape index (κ3) is 3.49. The van der Waals surface area contributed by atoms with Crippen molar-refractivity contribution in [1.29, 1.82) is 0 Å². The first-order valence-electron chi connectivity index (χ1n) is 5.59. The van der Waals surface area contributed by atoms with Gasteiger partial charge in [-0.25, -0.2) is 0 Å². The fourth-order valence-corrected chi connectivity index (χ4v) is 2.54. The summed E-state index contributed by atoms with van der Waals surface area (Å²) < 4.78 is 0.909. The van der Waals surface area contributed by atoms with Crippen LogP contribution < -0.4 is 11.1 Å². The van der Waals surface area contributed by atoms with E-state index in [1.54, 1.807) is 18.2 Å². The van der Waals surface area contributed by atoms with Crippen molar-refractivity contribution in [3.8, 4) is 0 Å². The van der Waals surface area contributed by atoms with Gasteiger partial charge in [0.15, 0.2) is 0 Å². The van der Waals surface area contributed by atoms with Crippen molar-refractivity contribution >= 4 is 44.8 Å². The van der Waals surface area contributed by atoms with E-state index in [1.807, 2.05) is 25.1 Å². The molecule has 2 rings (SSSR count). The van der Waals surface area contributed by atoms with Crippen LogP contribution in [0.3, 0.4) is 0 Å². The maximum absolute atomic E-state index is 12.1. The highest BCUT2D eigenvalue weighted by atomic mass is 79.9. The molecule has 0 spiro atoms. The standard InChI is InChI=1S/C14H12BrClN2O/c1-8-4-9(15)6-11(5-8)18-14(19)12-3-2-10(16)7-13(12)17/h2-7H,17H2,1H3,(H,18,19). The first-order chi connectivity index (χ1) is 8.95. The van der Waals surface area contributed by atoms with Gasteiger partial charge in [-0.2, -0.15) is 0 Å². The van der Waals surface area contributed by atoms with Crippen LogP contribution in [0.4, 0.5) is 11.4 Å². The molecule has 0 saturated carbocycles. The Labute approximate surface area is 124 Å². The van der Waals surface area contributed by atoms with E-state index in [2.05, 4.69) is 21.2 Å². The Balaban J connectivity index is 2.25. The van der Waals surface area contributed by atoms with Gasteiger partial charge in [-0.3, -0.25) is 4.79 Å². The zero-order chi connectivity index (χ0) is 14.0. The first-order valence-corrected chi connectivity index (χ1v) is 6.76. The Morgan fingerprint density at radius 3 is 2.63 bits per heavy atom. The van der Waals surface area contributed by atoms with Crippen LogP contribution in [0.15, 0.2) is 40.9 Å². The fourth-order valence-electron chi connectivity index (χ4n) is 1.75. The lowest BCUT2D eigenvalue weighted by molar-refractivity contribution is 0.102. The van der Waals surface area contributed by atoms with Crippen molar-refractivity contribution in [2.75, 3.05) is 11.1 Å². The molecule has 0 radical (unpaired) electrons. The van der Waals surface area contributed by atoms with Crippen LogP contribution in [0.5, 0.6) is 0 Å². The minimum atomic E-state index is -0.258. The monoisotopic (exact) mass is 338 g/mol. The molecule has 0 aromatic heterocycles. The highest BCUT2D eigenvalue weighted by Gasteiger charge is 2.10. The second-order valence-electron chi connectivity index (χ2n) is 4.20. The van der Waals surface area contributed by atoms with E-state index in [0.717, 1.165) is 10.0 Å². The van der Waals surface area contributed by atoms with E-state index >= 15 is 0 Å². The summed E-state index contributed by atoms with van der Waals surface area (Å²) in [7, 11) is 0. The van der Waals surface area contributed by atoms with E-state index in [4.69, 9.17) is 17.3 Å². The number of rotatable bonds is 2. The van der Waals surface area contributed by atoms with Gasteiger partial charge in [0.25, 0.3) is 5.91 Å². The Morgan fingerprint density at radius 1 is 1.26 bits per heavy atom. The minimum Gasteiger partial charge on any atom is -0.398 e. The van der Waals surface area contributed by atoms with Gasteiger partial charge in [0.2, 0.25) is 0 Å². The van der Waals surface area contributed by atoms with Gasteiger partial charge in [-0.1, -0.05) is 27.5 Å². The zero-order valence-corrected chi connectivity index (χ0v) is 12.5. The van der Waals surface area contributed by atoms with Crippen LogP contribution in [-0.4, -0.2) is 5.91 Å². The summed E-state index contributed by atoms with van der Waals surface area (Å²) in [4.78, 5) is 12.1. The third-order valence-electron chi connectivity index (χ3n) is 2.56. The number of hydrogen-bond donors (Lipinski definition) is 2. The molecular weight excluding hydrogens is 328 g/mol. The topological polar surface area (TPSA) is 55.1 Å². The third-order valence-corrected chi connectivity index (χ3v) is 3.25. The van der Waals surface area contributed by atoms with Crippen molar-refractivity contribution in [2.45, 2.75) is 6.92 Å². The Kier molecular flexibility index (Phi) is 4.12. The number of hydrogen-bond acceptors (Lipinski definition) is 2. The van der Waals surface area contributed by atoms with Gasteiger partial charge in [-0.05, 0) is 48.9 Å². The highest BCUT2D eigenvalue weighted by molar-refractivity contribution is 9.10. The fraction of sp³-hybridized carbons (Fsp3) is 0.0714. The Morgan fingerprint density at radius 2 is 2.00 bits per heavy atom. The van der Waals surface area contributed by atoms with Gasteiger partial charge in [0.1, 0.15) is 0 Å². The predicted molar refractivity (Wildman–Crippen MR) is 82.7 cm³/mol. The molecule has 0 aliphatic heterocycles. The lowest BCUT2D eigenvalue weighted by Gasteiger charge is -2.09. The van der Waals surface area contributed by atoms with Crippen LogP contribution in [0.1, 0.15) is 15.9 Å². The number of nitrogens with one attached hydrogen (secondary N) is 1. The molecule has 3 N–H and O–H groups in total. The van der Waals surface area contributed by atoms with Crippen molar-refractivity contribution in [3.63, 3.8) is 0 Å². The number of nitrogen functional groups attached to an aromatic ring is 1. The number of benzene rings is 2. The Bertz CT molecular complexity index is 623.